The van der Waals surface area contributed by atoms with Crippen LogP contribution in [0.4, 0.5) is 0 Å². The predicted octanol–water partition coefficient (Wildman–Crippen LogP) is 2.60. The molecule has 1 rings (SSSR count). The smallest absolute Gasteiger partial charge is 0.0599 e. The fourth-order valence-corrected chi connectivity index (χ4v) is 1.95. The van der Waals surface area contributed by atoms with Crippen molar-refractivity contribution in [2.75, 3.05) is 7.11 Å². The minimum Gasteiger partial charge on any atom is -0.381 e. The lowest BCUT2D eigenvalue weighted by atomic mass is 9.85. The third kappa shape index (κ3) is 1.72. The van der Waals surface area contributed by atoms with Crippen LogP contribution in [0.15, 0.2) is 0 Å². The van der Waals surface area contributed by atoms with Crippen LogP contribution in [0.1, 0.15) is 39.0 Å². The van der Waals surface area contributed by atoms with E-state index in [1.54, 1.807) is 0 Å². The van der Waals surface area contributed by atoms with Crippen LogP contribution in [0, 0.1) is 5.92 Å². The highest BCUT2D eigenvalue weighted by molar-refractivity contribution is 4.74. The Balaban J connectivity index is 2.34. The largest absolute Gasteiger partial charge is 0.381 e. The van der Waals surface area contributed by atoms with E-state index in [4.69, 9.17) is 4.74 Å². The summed E-state index contributed by atoms with van der Waals surface area (Å²) in [6, 6.07) is 0. The van der Waals surface area contributed by atoms with Crippen LogP contribution < -0.4 is 0 Å². The summed E-state index contributed by atoms with van der Waals surface area (Å²) in [5.41, 5.74) is 0. The van der Waals surface area contributed by atoms with E-state index >= 15 is 0 Å². The molecule has 0 unspecified atom stereocenters. The number of ether oxygens (including phenoxy) is 1. The number of hydrogen-bond donors (Lipinski definition) is 0. The van der Waals surface area contributed by atoms with E-state index in [1.165, 1.54) is 32.1 Å². The number of hydrogen-bond acceptors (Lipinski definition) is 1. The summed E-state index contributed by atoms with van der Waals surface area (Å²) in [6.07, 6.45) is 7.31. The molecule has 0 aromatic rings. The molecule has 0 N–H and O–H groups in total. The van der Waals surface area contributed by atoms with Crippen molar-refractivity contribution in [3.8, 4) is 0 Å². The summed E-state index contributed by atoms with van der Waals surface area (Å²) in [7, 11) is 1.85. The van der Waals surface area contributed by atoms with E-state index in [2.05, 4.69) is 6.92 Å². The lowest BCUT2D eigenvalue weighted by Crippen LogP contribution is -2.25. The van der Waals surface area contributed by atoms with Crippen LogP contribution in [-0.4, -0.2) is 13.2 Å². The van der Waals surface area contributed by atoms with Gasteiger partial charge in [-0.25, -0.2) is 0 Å². The molecule has 0 spiro atoms. The Hall–Kier alpha value is -0.0400. The van der Waals surface area contributed by atoms with Crippen molar-refractivity contribution in [1.82, 2.24) is 0 Å². The van der Waals surface area contributed by atoms with Gasteiger partial charge in [0.1, 0.15) is 0 Å². The summed E-state index contributed by atoms with van der Waals surface area (Å²) in [5.74, 6) is 0.846. The molecule has 1 aliphatic carbocycles. The van der Waals surface area contributed by atoms with Crippen LogP contribution >= 0.6 is 0 Å². The number of methoxy groups -OCH3 is 1. The lowest BCUT2D eigenvalue weighted by molar-refractivity contribution is 0.0223. The van der Waals surface area contributed by atoms with Gasteiger partial charge in [0.15, 0.2) is 0 Å². The molecule has 0 radical (unpaired) electrons. The molecule has 0 aromatic carbocycles. The van der Waals surface area contributed by atoms with Crippen molar-refractivity contribution in [1.29, 1.82) is 0 Å². The molecule has 2 atom stereocenters. The Bertz CT molecular complexity index is 78.7. The summed E-state index contributed by atoms with van der Waals surface area (Å²) in [5, 5.41) is 0. The molecule has 0 aliphatic heterocycles. The van der Waals surface area contributed by atoms with Crippen LogP contribution in [0.5, 0.6) is 0 Å². The summed E-state index contributed by atoms with van der Waals surface area (Å²) in [6.45, 7) is 2.27. The minimum absolute atomic E-state index is 0.568. The van der Waals surface area contributed by atoms with Crippen molar-refractivity contribution >= 4 is 0 Å². The quantitative estimate of drug-likeness (QED) is 0.576. The van der Waals surface area contributed by atoms with E-state index in [0.717, 1.165) is 5.92 Å². The molecule has 60 valence electrons. The van der Waals surface area contributed by atoms with E-state index in [1.807, 2.05) is 7.11 Å². The first kappa shape index (κ1) is 8.06. The average molecular weight is 142 g/mol. The van der Waals surface area contributed by atoms with Gasteiger partial charge < -0.3 is 4.74 Å². The van der Waals surface area contributed by atoms with Gasteiger partial charge in [-0.15, -0.1) is 0 Å². The molecule has 0 saturated heterocycles. The molecular weight excluding hydrogens is 124 g/mol. The minimum atomic E-state index is 0.568. The SMILES string of the molecule is CC[C@H]1CCCC[C@@H]1OC. The van der Waals surface area contributed by atoms with Gasteiger partial charge in [0.05, 0.1) is 6.10 Å². The molecule has 1 nitrogen and oxygen atoms in total. The molecule has 0 bridgehead atoms. The zero-order valence-electron chi connectivity index (χ0n) is 7.10. The maximum atomic E-state index is 5.39. The Morgan fingerprint density at radius 3 is 2.50 bits per heavy atom. The zero-order valence-corrected chi connectivity index (χ0v) is 7.10. The van der Waals surface area contributed by atoms with Crippen molar-refractivity contribution in [3.63, 3.8) is 0 Å². The summed E-state index contributed by atoms with van der Waals surface area (Å²) < 4.78 is 5.39. The summed E-state index contributed by atoms with van der Waals surface area (Å²) in [4.78, 5) is 0. The van der Waals surface area contributed by atoms with Gasteiger partial charge in [-0.05, 0) is 18.8 Å². The van der Waals surface area contributed by atoms with Gasteiger partial charge in [-0.3, -0.25) is 0 Å². The van der Waals surface area contributed by atoms with Crippen LogP contribution in [-0.2, 0) is 4.74 Å². The maximum absolute atomic E-state index is 5.39. The maximum Gasteiger partial charge on any atom is 0.0599 e. The van der Waals surface area contributed by atoms with Gasteiger partial charge in [-0.1, -0.05) is 26.2 Å². The highest BCUT2D eigenvalue weighted by atomic mass is 16.5. The Kier molecular flexibility index (Phi) is 3.20. The normalized spacial score (nSPS) is 34.2. The molecule has 1 aliphatic rings. The second kappa shape index (κ2) is 3.97. The molecule has 1 fully saturated rings. The first-order valence-corrected chi connectivity index (χ1v) is 4.41. The van der Waals surface area contributed by atoms with E-state index in [-0.39, 0.29) is 0 Å². The van der Waals surface area contributed by atoms with Crippen LogP contribution in [0.25, 0.3) is 0 Å². The van der Waals surface area contributed by atoms with Gasteiger partial charge in [0.2, 0.25) is 0 Å². The monoisotopic (exact) mass is 142 g/mol. The van der Waals surface area contributed by atoms with Crippen LogP contribution in [0.2, 0.25) is 0 Å². The van der Waals surface area contributed by atoms with Crippen molar-refractivity contribution in [3.05, 3.63) is 0 Å². The first-order chi connectivity index (χ1) is 4.88. The molecule has 0 aromatic heterocycles. The fourth-order valence-electron chi connectivity index (χ4n) is 1.95. The van der Waals surface area contributed by atoms with Gasteiger partial charge in [0.25, 0.3) is 0 Å². The number of rotatable bonds is 2. The third-order valence-electron chi connectivity index (χ3n) is 2.67. The first-order valence-electron chi connectivity index (χ1n) is 4.41. The predicted molar refractivity (Wildman–Crippen MR) is 43.0 cm³/mol. The van der Waals surface area contributed by atoms with Crippen molar-refractivity contribution in [2.45, 2.75) is 45.1 Å². The van der Waals surface area contributed by atoms with E-state index < -0.39 is 0 Å². The Morgan fingerprint density at radius 2 is 2.00 bits per heavy atom. The fraction of sp³-hybridized carbons (Fsp3) is 1.00. The lowest BCUT2D eigenvalue weighted by Gasteiger charge is -2.29. The topological polar surface area (TPSA) is 9.23 Å². The Morgan fingerprint density at radius 1 is 1.30 bits per heavy atom. The van der Waals surface area contributed by atoms with E-state index in [9.17, 15) is 0 Å². The molecule has 10 heavy (non-hydrogen) atoms. The molecule has 0 amide bonds. The highest BCUT2D eigenvalue weighted by Crippen LogP contribution is 2.28. The van der Waals surface area contributed by atoms with E-state index in [0.29, 0.717) is 6.10 Å². The van der Waals surface area contributed by atoms with Crippen LogP contribution in [0.3, 0.4) is 0 Å². The van der Waals surface area contributed by atoms with Crippen molar-refractivity contribution < 1.29 is 4.74 Å². The van der Waals surface area contributed by atoms with Gasteiger partial charge >= 0.3 is 0 Å². The average Bonchev–Trinajstić information content (AvgIpc) is 2.04. The highest BCUT2D eigenvalue weighted by Gasteiger charge is 2.22. The van der Waals surface area contributed by atoms with Crippen molar-refractivity contribution in [2.24, 2.45) is 5.92 Å². The summed E-state index contributed by atoms with van der Waals surface area (Å²) >= 11 is 0. The molecule has 0 heterocycles. The van der Waals surface area contributed by atoms with Gasteiger partial charge in [0, 0.05) is 7.11 Å². The molecule has 1 heteroatoms. The molecular formula is C9H18O. The standard InChI is InChI=1S/C9H18O/c1-3-8-6-4-5-7-9(8)10-2/h8-9H,3-7H2,1-2H3/t8-,9-/m0/s1. The Labute approximate surface area is 63.8 Å². The zero-order chi connectivity index (χ0) is 7.40. The second-order valence-electron chi connectivity index (χ2n) is 3.23. The third-order valence-corrected chi connectivity index (χ3v) is 2.67. The second-order valence-corrected chi connectivity index (χ2v) is 3.23. The molecule has 1 saturated carbocycles. The van der Waals surface area contributed by atoms with Gasteiger partial charge in [-0.2, -0.15) is 0 Å².